The van der Waals surface area contributed by atoms with E-state index in [2.05, 4.69) is 25.2 Å². The van der Waals surface area contributed by atoms with Crippen LogP contribution in [-0.4, -0.2) is 24.9 Å². The second-order valence-corrected chi connectivity index (χ2v) is 6.08. The van der Waals surface area contributed by atoms with Gasteiger partial charge in [0.2, 0.25) is 5.91 Å². The Hall–Kier alpha value is -1.83. The van der Waals surface area contributed by atoms with E-state index in [1.165, 1.54) is 51.4 Å². The van der Waals surface area contributed by atoms with Crippen molar-refractivity contribution in [3.05, 3.63) is 60.8 Å². The number of nitrogens with zero attached hydrogens (tertiary/aromatic N) is 1. The van der Waals surface area contributed by atoms with E-state index < -0.39 is 0 Å². The lowest BCUT2D eigenvalue weighted by molar-refractivity contribution is -0.123. The summed E-state index contributed by atoms with van der Waals surface area (Å²) < 4.78 is 0. The van der Waals surface area contributed by atoms with Crippen LogP contribution in [0.15, 0.2) is 60.8 Å². The lowest BCUT2D eigenvalue weighted by atomic mass is 10.1. The number of carbonyl (C=O) groups is 1. The molecule has 0 saturated heterocycles. The molecule has 0 aliphatic rings. The van der Waals surface area contributed by atoms with Crippen LogP contribution < -0.4 is 0 Å². The van der Waals surface area contributed by atoms with E-state index >= 15 is 0 Å². The first-order valence-electron chi connectivity index (χ1n) is 9.23. The fraction of sp³-hybridized carbons (Fsp3) is 0.500. The van der Waals surface area contributed by atoms with Crippen molar-refractivity contribution < 1.29 is 4.79 Å². The highest BCUT2D eigenvalue weighted by Crippen LogP contribution is 2.08. The molecule has 0 aliphatic carbocycles. The Bertz CT molecular complexity index is 439. The summed E-state index contributed by atoms with van der Waals surface area (Å²) in [6.45, 7) is 2.26. The molecule has 24 heavy (non-hydrogen) atoms. The topological polar surface area (TPSA) is 20.3 Å². The van der Waals surface area contributed by atoms with Crippen LogP contribution in [0.3, 0.4) is 0 Å². The average molecular weight is 330 g/mol. The summed E-state index contributed by atoms with van der Waals surface area (Å²) in [7, 11) is 3.48. The minimum Gasteiger partial charge on any atom is -0.345 e. The van der Waals surface area contributed by atoms with Gasteiger partial charge in [-0.05, 0) is 12.8 Å². The van der Waals surface area contributed by atoms with Gasteiger partial charge in [0, 0.05) is 20.2 Å². The molecule has 0 atom stereocenters. The Morgan fingerprint density at radius 3 is 1.79 bits per heavy atom. The number of rotatable bonds is 13. The minimum atomic E-state index is -0.00498. The highest BCUT2D eigenvalue weighted by atomic mass is 16.2. The molecule has 0 aromatic heterocycles. The Kier molecular flexibility index (Phi) is 16.2. The smallest absolute Gasteiger partial charge is 0.246 e. The van der Waals surface area contributed by atoms with Crippen LogP contribution >= 0.6 is 0 Å². The molecule has 134 valence electrons. The van der Waals surface area contributed by atoms with Crippen LogP contribution in [0, 0.1) is 0 Å². The molecule has 0 heterocycles. The molecule has 0 radical (unpaired) electrons. The van der Waals surface area contributed by atoms with Gasteiger partial charge in [0.05, 0.1) is 0 Å². The summed E-state index contributed by atoms with van der Waals surface area (Å²) in [6, 6.07) is 0. The monoisotopic (exact) mass is 329 g/mol. The van der Waals surface area contributed by atoms with Crippen LogP contribution in [0.25, 0.3) is 0 Å². The lowest BCUT2D eigenvalue weighted by Gasteiger charge is -2.04. The summed E-state index contributed by atoms with van der Waals surface area (Å²) in [5.74, 6) is -0.00498. The van der Waals surface area contributed by atoms with Gasteiger partial charge in [0.25, 0.3) is 0 Å². The maximum Gasteiger partial charge on any atom is 0.246 e. The van der Waals surface area contributed by atoms with Gasteiger partial charge in [0.15, 0.2) is 0 Å². The SMILES string of the molecule is CCCCCCCCCC=CC=CC=CC=CC=CC(=O)N(C)C. The normalized spacial score (nSPS) is 12.6. The van der Waals surface area contributed by atoms with Crippen LogP contribution in [0.4, 0.5) is 0 Å². The molecule has 0 bridgehead atoms. The Labute approximate surface area is 149 Å². The molecular weight excluding hydrogens is 294 g/mol. The maximum atomic E-state index is 11.3. The Balaban J connectivity index is 3.61. The quantitative estimate of drug-likeness (QED) is 0.231. The second kappa shape index (κ2) is 17.5. The van der Waals surface area contributed by atoms with E-state index in [0.29, 0.717) is 0 Å². The summed E-state index contributed by atoms with van der Waals surface area (Å²) in [5, 5.41) is 0. The molecule has 2 heteroatoms. The first-order valence-corrected chi connectivity index (χ1v) is 9.23. The van der Waals surface area contributed by atoms with Crippen LogP contribution in [0.5, 0.6) is 0 Å². The standard InChI is InChI=1S/C22H35NO/c1-4-5-6-7-8-9-10-11-12-13-14-15-16-17-18-19-20-21-22(24)23(2)3/h12-21H,4-11H2,1-3H3. The van der Waals surface area contributed by atoms with Crippen molar-refractivity contribution in [1.29, 1.82) is 0 Å². The van der Waals surface area contributed by atoms with Crippen molar-refractivity contribution in [2.45, 2.75) is 58.3 Å². The van der Waals surface area contributed by atoms with Crippen LogP contribution in [0.1, 0.15) is 58.3 Å². The third-order valence-electron chi connectivity index (χ3n) is 3.57. The average Bonchev–Trinajstić information content (AvgIpc) is 2.57. The number of allylic oxidation sites excluding steroid dienone is 9. The van der Waals surface area contributed by atoms with Gasteiger partial charge in [-0.15, -0.1) is 0 Å². The molecule has 0 unspecified atom stereocenters. The van der Waals surface area contributed by atoms with Crippen molar-refractivity contribution in [3.63, 3.8) is 0 Å². The number of unbranched alkanes of at least 4 members (excludes halogenated alkanes) is 7. The van der Waals surface area contributed by atoms with Crippen LogP contribution in [-0.2, 0) is 4.79 Å². The molecule has 0 aliphatic heterocycles. The van der Waals surface area contributed by atoms with E-state index in [-0.39, 0.29) is 5.91 Å². The molecule has 0 spiro atoms. The summed E-state index contributed by atoms with van der Waals surface area (Å²) in [5.41, 5.74) is 0. The zero-order valence-corrected chi connectivity index (χ0v) is 15.8. The predicted molar refractivity (Wildman–Crippen MR) is 107 cm³/mol. The Morgan fingerprint density at radius 2 is 1.21 bits per heavy atom. The molecule has 0 saturated carbocycles. The zero-order valence-electron chi connectivity index (χ0n) is 15.8. The minimum absolute atomic E-state index is 0.00498. The Morgan fingerprint density at radius 1 is 0.708 bits per heavy atom. The van der Waals surface area contributed by atoms with Gasteiger partial charge in [0.1, 0.15) is 0 Å². The number of amides is 1. The van der Waals surface area contributed by atoms with E-state index in [0.717, 1.165) is 0 Å². The molecule has 0 rings (SSSR count). The van der Waals surface area contributed by atoms with E-state index in [1.54, 1.807) is 31.1 Å². The van der Waals surface area contributed by atoms with Gasteiger partial charge >= 0.3 is 0 Å². The molecule has 0 fully saturated rings. The van der Waals surface area contributed by atoms with Crippen molar-refractivity contribution >= 4 is 5.91 Å². The fourth-order valence-corrected chi connectivity index (χ4v) is 2.07. The maximum absolute atomic E-state index is 11.3. The summed E-state index contributed by atoms with van der Waals surface area (Å²) >= 11 is 0. The van der Waals surface area contributed by atoms with E-state index in [1.807, 2.05) is 30.4 Å². The van der Waals surface area contributed by atoms with Gasteiger partial charge < -0.3 is 4.90 Å². The second-order valence-electron chi connectivity index (χ2n) is 6.08. The largest absolute Gasteiger partial charge is 0.345 e. The van der Waals surface area contributed by atoms with Crippen LogP contribution in [0.2, 0.25) is 0 Å². The third-order valence-corrected chi connectivity index (χ3v) is 3.57. The van der Waals surface area contributed by atoms with Gasteiger partial charge in [-0.2, -0.15) is 0 Å². The van der Waals surface area contributed by atoms with Gasteiger partial charge in [-0.25, -0.2) is 0 Å². The summed E-state index contributed by atoms with van der Waals surface area (Å²) in [4.78, 5) is 12.8. The van der Waals surface area contributed by atoms with E-state index in [4.69, 9.17) is 0 Å². The number of likely N-dealkylation sites (N-methyl/N-ethyl adjacent to an activating group) is 1. The van der Waals surface area contributed by atoms with Gasteiger partial charge in [-0.3, -0.25) is 4.79 Å². The first-order chi connectivity index (χ1) is 11.7. The molecule has 0 aromatic carbocycles. The number of hydrogen-bond donors (Lipinski definition) is 0. The molecule has 1 amide bonds. The molecule has 2 nitrogen and oxygen atoms in total. The summed E-state index contributed by atoms with van der Waals surface area (Å²) in [6.07, 6.45) is 30.1. The highest BCUT2D eigenvalue weighted by molar-refractivity contribution is 5.87. The fourth-order valence-electron chi connectivity index (χ4n) is 2.07. The predicted octanol–water partition coefficient (Wildman–Crippen LogP) is 6.00. The van der Waals surface area contributed by atoms with Gasteiger partial charge in [-0.1, -0.05) is 100 Å². The number of hydrogen-bond acceptors (Lipinski definition) is 1. The lowest BCUT2D eigenvalue weighted by Crippen LogP contribution is -2.18. The van der Waals surface area contributed by atoms with Crippen molar-refractivity contribution in [1.82, 2.24) is 4.90 Å². The molecule has 0 aromatic rings. The third kappa shape index (κ3) is 16.5. The highest BCUT2D eigenvalue weighted by Gasteiger charge is 1.93. The van der Waals surface area contributed by atoms with Crippen molar-refractivity contribution in [3.8, 4) is 0 Å². The van der Waals surface area contributed by atoms with E-state index in [9.17, 15) is 4.79 Å². The molecular formula is C22H35NO. The first kappa shape index (κ1) is 22.2. The number of carbonyl (C=O) groups excluding carboxylic acids is 1. The molecule has 0 N–H and O–H groups in total. The van der Waals surface area contributed by atoms with Crippen molar-refractivity contribution in [2.24, 2.45) is 0 Å². The van der Waals surface area contributed by atoms with Crippen molar-refractivity contribution in [2.75, 3.05) is 14.1 Å². The zero-order chi connectivity index (χ0) is 17.9.